The van der Waals surface area contributed by atoms with E-state index in [0.717, 1.165) is 12.2 Å². The molecule has 0 fully saturated rings. The lowest BCUT2D eigenvalue weighted by Crippen LogP contribution is -2.11. The molecule has 0 atom stereocenters. The van der Waals surface area contributed by atoms with E-state index in [1.807, 2.05) is 0 Å². The fraction of sp³-hybridized carbons (Fsp3) is 0. The van der Waals surface area contributed by atoms with Crippen molar-refractivity contribution in [2.45, 2.75) is 0 Å². The summed E-state index contributed by atoms with van der Waals surface area (Å²) in [5.74, 6) is 0. The molecule has 23 heavy (non-hydrogen) atoms. The van der Waals surface area contributed by atoms with Gasteiger partial charge >= 0.3 is 0 Å². The second kappa shape index (κ2) is 8.95. The molecule has 0 aliphatic heterocycles. The zero-order valence-electron chi connectivity index (χ0n) is 12.1. The predicted molar refractivity (Wildman–Crippen MR) is 89.4 cm³/mol. The molecule has 0 aromatic heterocycles. The van der Waals surface area contributed by atoms with Crippen LogP contribution < -0.4 is 17.2 Å². The van der Waals surface area contributed by atoms with Crippen LogP contribution in [-0.2, 0) is 20.2 Å². The molecule has 0 aromatic rings. The number of rotatable bonds is 6. The van der Waals surface area contributed by atoms with Crippen molar-refractivity contribution in [3.05, 3.63) is 71.4 Å². The van der Waals surface area contributed by atoms with Crippen LogP contribution in [0.4, 0.5) is 0 Å². The number of hydrogen-bond donors (Lipinski definition) is 5. The lowest BCUT2D eigenvalue weighted by molar-refractivity contribution is 0.489. The van der Waals surface area contributed by atoms with E-state index in [2.05, 4.69) is 26.3 Å². The molecule has 0 saturated carbocycles. The third kappa shape index (κ3) is 11.9. The Morgan fingerprint density at radius 1 is 0.783 bits per heavy atom. The molecule has 0 amide bonds. The van der Waals surface area contributed by atoms with Gasteiger partial charge < -0.3 is 17.2 Å². The summed E-state index contributed by atoms with van der Waals surface area (Å²) in [7, 11) is -8.54. The Hall–Kier alpha value is -2.34. The first-order chi connectivity index (χ1) is 10.1. The van der Waals surface area contributed by atoms with Gasteiger partial charge in [0, 0.05) is 17.1 Å². The van der Waals surface area contributed by atoms with E-state index >= 15 is 0 Å². The largest absolute Gasteiger partial charge is 0.399 e. The maximum Gasteiger partial charge on any atom is 0.296 e. The van der Waals surface area contributed by atoms with Crippen LogP contribution in [0.2, 0.25) is 0 Å². The standard InChI is InChI=1S/C6H10N2O3S.C6H9NO3S/c1-4(7)3-6(5(2)8)12(9,10)11;1-5(7)3-4-6(2)11(8,9)10/h3H,1-2,7-8H2,(H,9,10,11);3-4H,1-2,7H2,(H,8,9,10)/b6-3+;4-3-. The van der Waals surface area contributed by atoms with Crippen LogP contribution in [-0.4, -0.2) is 25.9 Å². The monoisotopic (exact) mass is 365 g/mol. The van der Waals surface area contributed by atoms with Crippen molar-refractivity contribution >= 4 is 20.2 Å². The van der Waals surface area contributed by atoms with E-state index in [-0.39, 0.29) is 17.1 Å². The first kappa shape index (κ1) is 22.9. The molecule has 0 bridgehead atoms. The fourth-order valence-electron chi connectivity index (χ4n) is 0.787. The topological polar surface area (TPSA) is 187 Å². The summed E-state index contributed by atoms with van der Waals surface area (Å²) < 4.78 is 58.6. The quantitative estimate of drug-likeness (QED) is 0.322. The van der Waals surface area contributed by atoms with Gasteiger partial charge in [-0.1, -0.05) is 26.3 Å². The van der Waals surface area contributed by atoms with Crippen LogP contribution in [0, 0.1) is 0 Å². The second-order valence-electron chi connectivity index (χ2n) is 3.93. The zero-order valence-corrected chi connectivity index (χ0v) is 13.8. The van der Waals surface area contributed by atoms with Crippen molar-refractivity contribution in [2.75, 3.05) is 0 Å². The minimum atomic E-state index is -4.36. The van der Waals surface area contributed by atoms with Crippen molar-refractivity contribution in [3.8, 4) is 0 Å². The van der Waals surface area contributed by atoms with Gasteiger partial charge in [-0.3, -0.25) is 9.11 Å². The van der Waals surface area contributed by atoms with E-state index in [1.54, 1.807) is 0 Å². The molecular weight excluding hydrogens is 346 g/mol. The second-order valence-corrected chi connectivity index (χ2v) is 6.80. The van der Waals surface area contributed by atoms with E-state index in [1.165, 1.54) is 6.08 Å². The molecule has 0 radical (unpaired) electrons. The molecule has 0 unspecified atom stereocenters. The number of nitrogens with two attached hydrogens (primary N) is 3. The molecule has 0 aromatic carbocycles. The Balaban J connectivity index is 0. The molecule has 11 heteroatoms. The van der Waals surface area contributed by atoms with Crippen molar-refractivity contribution in [1.82, 2.24) is 0 Å². The van der Waals surface area contributed by atoms with Crippen LogP contribution in [0.25, 0.3) is 0 Å². The SMILES string of the molecule is C=C(N)/C=C(\C(=C)N)S(=O)(=O)O.C=C(N)/C=C\C(=C)S(=O)(=O)O. The van der Waals surface area contributed by atoms with Gasteiger partial charge in [-0.05, 0) is 18.2 Å². The van der Waals surface area contributed by atoms with Gasteiger partial charge in [-0.15, -0.1) is 0 Å². The van der Waals surface area contributed by atoms with Gasteiger partial charge in [-0.2, -0.15) is 16.8 Å². The van der Waals surface area contributed by atoms with E-state index in [4.69, 9.17) is 26.3 Å². The highest BCUT2D eigenvalue weighted by Crippen LogP contribution is 2.10. The average Bonchev–Trinajstić information content (AvgIpc) is 2.30. The maximum absolute atomic E-state index is 10.6. The fourth-order valence-corrected chi connectivity index (χ4v) is 1.66. The molecule has 0 aliphatic carbocycles. The highest BCUT2D eigenvalue weighted by Gasteiger charge is 2.14. The number of hydrogen-bond acceptors (Lipinski definition) is 7. The minimum absolute atomic E-state index is 0.0331. The zero-order chi connectivity index (χ0) is 19.0. The van der Waals surface area contributed by atoms with Crippen LogP contribution in [0.1, 0.15) is 0 Å². The molecule has 0 rings (SSSR count). The lowest BCUT2D eigenvalue weighted by Gasteiger charge is -2.01. The Morgan fingerprint density at radius 2 is 1.22 bits per heavy atom. The minimum Gasteiger partial charge on any atom is -0.399 e. The molecule has 0 spiro atoms. The summed E-state index contributed by atoms with van der Waals surface area (Å²) in [6, 6.07) is 0. The number of allylic oxidation sites excluding steroid dienone is 3. The molecule has 0 saturated heterocycles. The molecule has 0 heterocycles. The highest BCUT2D eigenvalue weighted by molar-refractivity contribution is 7.90. The van der Waals surface area contributed by atoms with Gasteiger partial charge in [0.25, 0.3) is 20.2 Å². The smallest absolute Gasteiger partial charge is 0.296 e. The Kier molecular flexibility index (Phi) is 8.92. The van der Waals surface area contributed by atoms with E-state index in [0.29, 0.717) is 0 Å². The van der Waals surface area contributed by atoms with Gasteiger partial charge in [0.05, 0.1) is 4.91 Å². The van der Waals surface area contributed by atoms with Crippen molar-refractivity contribution in [2.24, 2.45) is 17.2 Å². The summed E-state index contributed by atoms with van der Waals surface area (Å²) in [5, 5.41) is 0. The summed E-state index contributed by atoms with van der Waals surface area (Å²) in [6.45, 7) is 12.7. The van der Waals surface area contributed by atoms with Crippen LogP contribution in [0.5, 0.6) is 0 Å². The van der Waals surface area contributed by atoms with Gasteiger partial charge in [0.1, 0.15) is 4.91 Å². The van der Waals surface area contributed by atoms with Crippen molar-refractivity contribution < 1.29 is 25.9 Å². The molecule has 0 aliphatic rings. The summed E-state index contributed by atoms with van der Waals surface area (Å²) in [5.41, 5.74) is 15.1. The molecule has 8 N–H and O–H groups in total. The van der Waals surface area contributed by atoms with E-state index in [9.17, 15) is 16.8 Å². The normalized spacial score (nSPS) is 12.2. The summed E-state index contributed by atoms with van der Waals surface area (Å²) in [6.07, 6.45) is 3.23. The maximum atomic E-state index is 10.6. The van der Waals surface area contributed by atoms with Gasteiger partial charge in [-0.25, -0.2) is 0 Å². The van der Waals surface area contributed by atoms with Crippen LogP contribution >= 0.6 is 0 Å². The Morgan fingerprint density at radius 3 is 1.39 bits per heavy atom. The first-order valence-corrected chi connectivity index (χ1v) is 8.34. The Labute approximate surface area is 135 Å². The van der Waals surface area contributed by atoms with Gasteiger partial charge in [0.2, 0.25) is 0 Å². The lowest BCUT2D eigenvalue weighted by atomic mass is 10.4. The highest BCUT2D eigenvalue weighted by atomic mass is 32.2. The first-order valence-electron chi connectivity index (χ1n) is 5.46. The van der Waals surface area contributed by atoms with Crippen molar-refractivity contribution in [1.29, 1.82) is 0 Å². The molecular formula is C12H19N3O6S2. The van der Waals surface area contributed by atoms with Crippen LogP contribution in [0.15, 0.2) is 71.4 Å². The van der Waals surface area contributed by atoms with Gasteiger partial charge in [0.15, 0.2) is 0 Å². The third-order valence-electron chi connectivity index (χ3n) is 1.73. The average molecular weight is 365 g/mol. The van der Waals surface area contributed by atoms with Crippen LogP contribution in [0.3, 0.4) is 0 Å². The summed E-state index contributed by atoms with van der Waals surface area (Å²) >= 11 is 0. The third-order valence-corrected chi connectivity index (χ3v) is 3.46. The molecule has 9 nitrogen and oxygen atoms in total. The Bertz CT molecular complexity index is 774. The summed E-state index contributed by atoms with van der Waals surface area (Å²) in [4.78, 5) is -0.945. The van der Waals surface area contributed by atoms with Crippen molar-refractivity contribution in [3.63, 3.8) is 0 Å². The van der Waals surface area contributed by atoms with E-state index < -0.39 is 30.0 Å². The molecule has 130 valence electrons. The predicted octanol–water partition coefficient (Wildman–Crippen LogP) is 0.119.